The second-order valence-electron chi connectivity index (χ2n) is 5.65. The van der Waals surface area contributed by atoms with Crippen LogP contribution in [0.5, 0.6) is 0 Å². The van der Waals surface area contributed by atoms with E-state index in [4.69, 9.17) is 0 Å². The number of rotatable bonds is 4. The second kappa shape index (κ2) is 7.29. The SMILES string of the molecule is Cc1cccc(CNC(=O)NC2CCCCC2CO)c1. The number of aliphatic hydroxyl groups is 1. The van der Waals surface area contributed by atoms with Gasteiger partial charge in [-0.25, -0.2) is 4.79 Å². The molecule has 4 heteroatoms. The topological polar surface area (TPSA) is 61.4 Å². The molecular formula is C16H24N2O2. The minimum atomic E-state index is -0.142. The van der Waals surface area contributed by atoms with E-state index >= 15 is 0 Å². The number of amides is 2. The number of carbonyl (C=O) groups is 1. The van der Waals surface area contributed by atoms with Crippen molar-refractivity contribution in [1.29, 1.82) is 0 Å². The van der Waals surface area contributed by atoms with E-state index in [1.54, 1.807) is 0 Å². The lowest BCUT2D eigenvalue weighted by molar-refractivity contribution is 0.153. The highest BCUT2D eigenvalue weighted by atomic mass is 16.3. The molecule has 0 radical (unpaired) electrons. The molecule has 4 nitrogen and oxygen atoms in total. The van der Waals surface area contributed by atoms with Crippen LogP contribution in [0.4, 0.5) is 4.79 Å². The highest BCUT2D eigenvalue weighted by Crippen LogP contribution is 2.23. The molecule has 0 aromatic heterocycles. The number of aryl methyl sites for hydroxylation is 1. The van der Waals surface area contributed by atoms with Crippen molar-refractivity contribution in [3.05, 3.63) is 35.4 Å². The number of hydrogen-bond donors (Lipinski definition) is 3. The van der Waals surface area contributed by atoms with Crippen molar-refractivity contribution in [2.45, 2.75) is 45.2 Å². The molecule has 1 aliphatic carbocycles. The average Bonchev–Trinajstić information content (AvgIpc) is 2.46. The van der Waals surface area contributed by atoms with E-state index in [2.05, 4.69) is 16.7 Å². The van der Waals surface area contributed by atoms with Crippen LogP contribution in [0.2, 0.25) is 0 Å². The summed E-state index contributed by atoms with van der Waals surface area (Å²) < 4.78 is 0. The third-order valence-corrected chi connectivity index (χ3v) is 4.00. The standard InChI is InChI=1S/C16H24N2O2/c1-12-5-4-6-13(9-12)10-17-16(20)18-15-8-3-2-7-14(15)11-19/h4-6,9,14-15,19H,2-3,7-8,10-11H2,1H3,(H2,17,18,20). The lowest BCUT2D eigenvalue weighted by atomic mass is 9.85. The molecule has 1 fully saturated rings. The van der Waals surface area contributed by atoms with E-state index in [-0.39, 0.29) is 24.6 Å². The zero-order chi connectivity index (χ0) is 14.4. The largest absolute Gasteiger partial charge is 0.396 e. The van der Waals surface area contributed by atoms with Gasteiger partial charge >= 0.3 is 6.03 Å². The van der Waals surface area contributed by atoms with Gasteiger partial charge in [0.05, 0.1) is 0 Å². The van der Waals surface area contributed by atoms with Crippen LogP contribution >= 0.6 is 0 Å². The third kappa shape index (κ3) is 4.23. The summed E-state index contributed by atoms with van der Waals surface area (Å²) >= 11 is 0. The van der Waals surface area contributed by atoms with Crippen LogP contribution in [0, 0.1) is 12.8 Å². The summed E-state index contributed by atoms with van der Waals surface area (Å²) in [7, 11) is 0. The van der Waals surface area contributed by atoms with Gasteiger partial charge in [-0.15, -0.1) is 0 Å². The number of nitrogens with one attached hydrogen (secondary N) is 2. The monoisotopic (exact) mass is 276 g/mol. The first-order chi connectivity index (χ1) is 9.69. The number of urea groups is 1. The Bertz CT molecular complexity index is 448. The predicted octanol–water partition coefficient (Wildman–Crippen LogP) is 2.35. The van der Waals surface area contributed by atoms with E-state index in [1.807, 2.05) is 25.1 Å². The van der Waals surface area contributed by atoms with Gasteiger partial charge in [0.1, 0.15) is 0 Å². The molecule has 20 heavy (non-hydrogen) atoms. The second-order valence-corrected chi connectivity index (χ2v) is 5.65. The normalized spacial score (nSPS) is 22.3. The first-order valence-electron chi connectivity index (χ1n) is 7.40. The molecule has 0 spiro atoms. The van der Waals surface area contributed by atoms with Crippen LogP contribution in [0.1, 0.15) is 36.8 Å². The van der Waals surface area contributed by atoms with Gasteiger partial charge in [-0.05, 0) is 25.3 Å². The summed E-state index contributed by atoms with van der Waals surface area (Å²) in [4.78, 5) is 11.9. The zero-order valence-electron chi connectivity index (χ0n) is 12.1. The molecule has 0 aliphatic heterocycles. The van der Waals surface area contributed by atoms with Gasteiger partial charge in [-0.2, -0.15) is 0 Å². The van der Waals surface area contributed by atoms with Crippen molar-refractivity contribution in [3.8, 4) is 0 Å². The minimum absolute atomic E-state index is 0.103. The molecule has 3 N–H and O–H groups in total. The molecule has 0 heterocycles. The van der Waals surface area contributed by atoms with Gasteiger partial charge in [-0.3, -0.25) is 0 Å². The maximum absolute atomic E-state index is 11.9. The average molecular weight is 276 g/mol. The molecule has 1 saturated carbocycles. The van der Waals surface area contributed by atoms with Crippen LogP contribution < -0.4 is 10.6 Å². The fourth-order valence-electron chi connectivity index (χ4n) is 2.84. The van der Waals surface area contributed by atoms with Crippen molar-refractivity contribution >= 4 is 6.03 Å². The van der Waals surface area contributed by atoms with E-state index in [1.165, 1.54) is 5.56 Å². The Morgan fingerprint density at radius 1 is 1.35 bits per heavy atom. The maximum atomic E-state index is 11.9. The first-order valence-corrected chi connectivity index (χ1v) is 7.40. The lowest BCUT2D eigenvalue weighted by Gasteiger charge is -2.30. The Labute approximate surface area is 120 Å². The molecule has 1 aliphatic rings. The molecule has 2 atom stereocenters. The fraction of sp³-hybridized carbons (Fsp3) is 0.562. The maximum Gasteiger partial charge on any atom is 0.315 e. The summed E-state index contributed by atoms with van der Waals surface area (Å²) in [5, 5.41) is 15.2. The van der Waals surface area contributed by atoms with Gasteiger partial charge < -0.3 is 15.7 Å². The van der Waals surface area contributed by atoms with Crippen LogP contribution in [0.3, 0.4) is 0 Å². The summed E-state index contributed by atoms with van der Waals surface area (Å²) in [5.41, 5.74) is 2.29. The predicted molar refractivity (Wildman–Crippen MR) is 79.4 cm³/mol. The van der Waals surface area contributed by atoms with Gasteiger partial charge in [0, 0.05) is 25.1 Å². The van der Waals surface area contributed by atoms with Gasteiger partial charge in [0.15, 0.2) is 0 Å². The molecule has 2 unspecified atom stereocenters. The van der Waals surface area contributed by atoms with E-state index < -0.39 is 0 Å². The van der Waals surface area contributed by atoms with Crippen LogP contribution in [-0.4, -0.2) is 23.8 Å². The Morgan fingerprint density at radius 2 is 2.15 bits per heavy atom. The molecular weight excluding hydrogens is 252 g/mol. The molecule has 0 saturated heterocycles. The van der Waals surface area contributed by atoms with Gasteiger partial charge in [0.2, 0.25) is 0 Å². The summed E-state index contributed by atoms with van der Waals surface area (Å²) in [6, 6.07) is 8.06. The van der Waals surface area contributed by atoms with Crippen LogP contribution in [-0.2, 0) is 6.54 Å². The van der Waals surface area contributed by atoms with E-state index in [9.17, 15) is 9.90 Å². The lowest BCUT2D eigenvalue weighted by Crippen LogP contribution is -2.47. The summed E-state index contributed by atoms with van der Waals surface area (Å²) in [6.45, 7) is 2.73. The van der Waals surface area contributed by atoms with Crippen LogP contribution in [0.15, 0.2) is 24.3 Å². The number of hydrogen-bond acceptors (Lipinski definition) is 2. The Kier molecular flexibility index (Phi) is 5.41. The van der Waals surface area contributed by atoms with Crippen molar-refractivity contribution < 1.29 is 9.90 Å². The number of carbonyl (C=O) groups excluding carboxylic acids is 1. The number of benzene rings is 1. The molecule has 110 valence electrons. The van der Waals surface area contributed by atoms with Crippen molar-refractivity contribution in [2.75, 3.05) is 6.61 Å². The minimum Gasteiger partial charge on any atom is -0.396 e. The van der Waals surface area contributed by atoms with Crippen molar-refractivity contribution in [3.63, 3.8) is 0 Å². The van der Waals surface area contributed by atoms with Crippen molar-refractivity contribution in [2.24, 2.45) is 5.92 Å². The fourth-order valence-corrected chi connectivity index (χ4v) is 2.84. The Balaban J connectivity index is 1.80. The quantitative estimate of drug-likeness (QED) is 0.790. The zero-order valence-corrected chi connectivity index (χ0v) is 12.1. The van der Waals surface area contributed by atoms with Gasteiger partial charge in [0.25, 0.3) is 0 Å². The molecule has 1 aromatic rings. The molecule has 1 aromatic carbocycles. The molecule has 2 amide bonds. The van der Waals surface area contributed by atoms with Crippen molar-refractivity contribution in [1.82, 2.24) is 10.6 Å². The first kappa shape index (κ1) is 14.9. The van der Waals surface area contributed by atoms with Crippen LogP contribution in [0.25, 0.3) is 0 Å². The highest BCUT2D eigenvalue weighted by Gasteiger charge is 2.25. The third-order valence-electron chi connectivity index (χ3n) is 4.00. The molecule has 2 rings (SSSR count). The Hall–Kier alpha value is -1.55. The Morgan fingerprint density at radius 3 is 2.90 bits per heavy atom. The van der Waals surface area contributed by atoms with E-state index in [0.717, 1.165) is 31.2 Å². The number of aliphatic hydroxyl groups excluding tert-OH is 1. The summed E-state index contributed by atoms with van der Waals surface area (Å²) in [6.07, 6.45) is 4.23. The molecule has 0 bridgehead atoms. The smallest absolute Gasteiger partial charge is 0.315 e. The summed E-state index contributed by atoms with van der Waals surface area (Å²) in [5.74, 6) is 0.202. The van der Waals surface area contributed by atoms with E-state index in [0.29, 0.717) is 6.54 Å². The highest BCUT2D eigenvalue weighted by molar-refractivity contribution is 5.74. The van der Waals surface area contributed by atoms with Gasteiger partial charge in [-0.1, -0.05) is 42.7 Å².